The first-order valence-electron chi connectivity index (χ1n) is 4.95. The predicted molar refractivity (Wildman–Crippen MR) is 57.6 cm³/mol. The number of carbonyl (C=O) groups is 1. The van der Waals surface area contributed by atoms with E-state index in [9.17, 15) is 9.90 Å². The third-order valence-corrected chi connectivity index (χ3v) is 2.18. The Kier molecular flexibility index (Phi) is 4.03. The highest BCUT2D eigenvalue weighted by molar-refractivity contribution is 5.78. The smallest absolute Gasteiger partial charge is 0.338 e. The molecule has 90 valence electrons. The molecule has 0 aliphatic rings. The molecule has 0 radical (unpaired) electrons. The molecule has 1 aromatic rings. The van der Waals surface area contributed by atoms with Crippen molar-refractivity contribution in [3.8, 4) is 0 Å². The Morgan fingerprint density at radius 1 is 1.75 bits per heavy atom. The number of aromatic nitrogens is 2. The lowest BCUT2D eigenvalue weighted by atomic mass is 10.1. The molecule has 2 N–H and O–H groups in total. The van der Waals surface area contributed by atoms with Crippen LogP contribution in [0.2, 0.25) is 0 Å². The Labute approximate surface area is 94.2 Å². The molecule has 0 aliphatic carbocycles. The van der Waals surface area contributed by atoms with Crippen molar-refractivity contribution >= 4 is 5.97 Å². The summed E-state index contributed by atoms with van der Waals surface area (Å²) in [5, 5.41) is 16.7. The van der Waals surface area contributed by atoms with Gasteiger partial charge >= 0.3 is 5.97 Å². The van der Waals surface area contributed by atoms with Gasteiger partial charge in [0.25, 0.3) is 0 Å². The van der Waals surface area contributed by atoms with Gasteiger partial charge in [-0.05, 0) is 6.92 Å². The standard InChI is InChI=1S/C10H17N3O3/c1-10(15,9(14)16-3)7-11-4-8-5-12-13(2)6-8/h5-6,11,15H,4,7H2,1-3H3. The Hall–Kier alpha value is -1.40. The molecular formula is C10H17N3O3. The van der Waals surface area contributed by atoms with Crippen molar-refractivity contribution in [1.82, 2.24) is 15.1 Å². The van der Waals surface area contributed by atoms with Crippen LogP contribution in [0.5, 0.6) is 0 Å². The highest BCUT2D eigenvalue weighted by Crippen LogP contribution is 2.04. The van der Waals surface area contributed by atoms with Gasteiger partial charge in [0, 0.05) is 31.9 Å². The van der Waals surface area contributed by atoms with Gasteiger partial charge in [0.15, 0.2) is 5.60 Å². The maximum Gasteiger partial charge on any atom is 0.338 e. The summed E-state index contributed by atoms with van der Waals surface area (Å²) in [6, 6.07) is 0. The Morgan fingerprint density at radius 2 is 2.44 bits per heavy atom. The first-order chi connectivity index (χ1) is 7.45. The summed E-state index contributed by atoms with van der Waals surface area (Å²) in [4.78, 5) is 11.2. The number of aliphatic hydroxyl groups is 1. The van der Waals surface area contributed by atoms with E-state index < -0.39 is 11.6 Å². The van der Waals surface area contributed by atoms with Crippen LogP contribution in [0.15, 0.2) is 12.4 Å². The third-order valence-electron chi connectivity index (χ3n) is 2.18. The number of hydrogen-bond acceptors (Lipinski definition) is 5. The topological polar surface area (TPSA) is 76.4 Å². The highest BCUT2D eigenvalue weighted by atomic mass is 16.5. The van der Waals surface area contributed by atoms with Crippen LogP contribution in [0.3, 0.4) is 0 Å². The summed E-state index contributed by atoms with van der Waals surface area (Å²) < 4.78 is 6.17. The van der Waals surface area contributed by atoms with E-state index in [1.165, 1.54) is 14.0 Å². The average molecular weight is 227 g/mol. The number of rotatable bonds is 5. The molecule has 0 aliphatic heterocycles. The molecule has 1 atom stereocenters. The minimum Gasteiger partial charge on any atom is -0.467 e. The van der Waals surface area contributed by atoms with Crippen LogP contribution in [0.4, 0.5) is 0 Å². The maximum absolute atomic E-state index is 11.2. The van der Waals surface area contributed by atoms with E-state index in [1.807, 2.05) is 13.2 Å². The Bertz CT molecular complexity index is 360. The molecule has 1 rings (SSSR count). The van der Waals surface area contributed by atoms with Gasteiger partial charge in [-0.1, -0.05) is 0 Å². The summed E-state index contributed by atoms with van der Waals surface area (Å²) in [6.07, 6.45) is 3.58. The second-order valence-electron chi connectivity index (χ2n) is 3.89. The maximum atomic E-state index is 11.2. The minimum absolute atomic E-state index is 0.133. The van der Waals surface area contributed by atoms with Crippen molar-refractivity contribution in [2.24, 2.45) is 7.05 Å². The van der Waals surface area contributed by atoms with Crippen LogP contribution in [-0.4, -0.2) is 40.1 Å². The van der Waals surface area contributed by atoms with Crippen molar-refractivity contribution in [2.45, 2.75) is 19.1 Å². The molecule has 6 nitrogen and oxygen atoms in total. The SMILES string of the molecule is COC(=O)C(C)(O)CNCc1cnn(C)c1. The summed E-state index contributed by atoms with van der Waals surface area (Å²) in [7, 11) is 3.08. The van der Waals surface area contributed by atoms with E-state index in [-0.39, 0.29) is 6.54 Å². The van der Waals surface area contributed by atoms with Crippen molar-refractivity contribution in [3.63, 3.8) is 0 Å². The first-order valence-corrected chi connectivity index (χ1v) is 4.95. The van der Waals surface area contributed by atoms with Crippen LogP contribution in [0.25, 0.3) is 0 Å². The fourth-order valence-corrected chi connectivity index (χ4v) is 1.31. The molecule has 1 aromatic heterocycles. The Morgan fingerprint density at radius 3 is 2.94 bits per heavy atom. The molecule has 6 heteroatoms. The zero-order valence-electron chi connectivity index (χ0n) is 9.73. The van der Waals surface area contributed by atoms with Crippen LogP contribution in [0.1, 0.15) is 12.5 Å². The van der Waals surface area contributed by atoms with Crippen LogP contribution >= 0.6 is 0 Å². The van der Waals surface area contributed by atoms with Gasteiger partial charge in [-0.25, -0.2) is 4.79 Å². The van der Waals surface area contributed by atoms with E-state index in [1.54, 1.807) is 10.9 Å². The third kappa shape index (κ3) is 3.32. The average Bonchev–Trinajstić information content (AvgIpc) is 2.62. The van der Waals surface area contributed by atoms with E-state index in [0.717, 1.165) is 5.56 Å². The van der Waals surface area contributed by atoms with Crippen molar-refractivity contribution in [1.29, 1.82) is 0 Å². The number of ether oxygens (including phenoxy) is 1. The molecule has 0 fully saturated rings. The molecule has 0 bridgehead atoms. The summed E-state index contributed by atoms with van der Waals surface area (Å²) in [5.74, 6) is -0.647. The fraction of sp³-hybridized carbons (Fsp3) is 0.600. The second-order valence-corrected chi connectivity index (χ2v) is 3.89. The quantitative estimate of drug-likeness (QED) is 0.659. The number of nitrogens with one attached hydrogen (secondary N) is 1. The lowest BCUT2D eigenvalue weighted by Gasteiger charge is -2.20. The summed E-state index contributed by atoms with van der Waals surface area (Å²) in [5.41, 5.74) is -0.514. The van der Waals surface area contributed by atoms with E-state index in [2.05, 4.69) is 15.2 Å². The van der Waals surface area contributed by atoms with Gasteiger partial charge < -0.3 is 15.2 Å². The van der Waals surface area contributed by atoms with Gasteiger partial charge in [-0.15, -0.1) is 0 Å². The van der Waals surface area contributed by atoms with Crippen LogP contribution in [0, 0.1) is 0 Å². The lowest BCUT2D eigenvalue weighted by Crippen LogP contribution is -2.45. The van der Waals surface area contributed by atoms with Gasteiger partial charge in [-0.2, -0.15) is 5.10 Å². The fourth-order valence-electron chi connectivity index (χ4n) is 1.31. The number of methoxy groups -OCH3 is 1. The van der Waals surface area contributed by atoms with E-state index >= 15 is 0 Å². The summed E-state index contributed by atoms with van der Waals surface area (Å²) in [6.45, 7) is 2.09. The van der Waals surface area contributed by atoms with Crippen LogP contribution < -0.4 is 5.32 Å². The van der Waals surface area contributed by atoms with Crippen LogP contribution in [-0.2, 0) is 23.1 Å². The predicted octanol–water partition coefficient (Wildman–Crippen LogP) is -0.566. The molecule has 0 amide bonds. The molecule has 0 saturated carbocycles. The number of nitrogens with zero attached hydrogens (tertiary/aromatic N) is 2. The largest absolute Gasteiger partial charge is 0.467 e. The first kappa shape index (κ1) is 12.7. The normalized spacial score (nSPS) is 14.5. The van der Waals surface area contributed by atoms with Gasteiger partial charge in [-0.3, -0.25) is 4.68 Å². The zero-order chi connectivity index (χ0) is 12.2. The monoisotopic (exact) mass is 227 g/mol. The molecule has 0 aromatic carbocycles. The highest BCUT2D eigenvalue weighted by Gasteiger charge is 2.30. The number of aryl methyl sites for hydroxylation is 1. The van der Waals surface area contributed by atoms with Crippen molar-refractivity contribution in [2.75, 3.05) is 13.7 Å². The van der Waals surface area contributed by atoms with E-state index in [0.29, 0.717) is 6.54 Å². The van der Waals surface area contributed by atoms with Crippen molar-refractivity contribution in [3.05, 3.63) is 18.0 Å². The molecule has 0 spiro atoms. The lowest BCUT2D eigenvalue weighted by molar-refractivity contribution is -0.159. The van der Waals surface area contributed by atoms with Crippen molar-refractivity contribution < 1.29 is 14.6 Å². The van der Waals surface area contributed by atoms with Gasteiger partial charge in [0.2, 0.25) is 0 Å². The Balaban J connectivity index is 2.38. The van der Waals surface area contributed by atoms with E-state index in [4.69, 9.17) is 0 Å². The number of esters is 1. The molecular weight excluding hydrogens is 210 g/mol. The zero-order valence-corrected chi connectivity index (χ0v) is 9.73. The summed E-state index contributed by atoms with van der Waals surface area (Å²) >= 11 is 0. The number of hydrogen-bond donors (Lipinski definition) is 2. The van der Waals surface area contributed by atoms with Gasteiger partial charge in [0.1, 0.15) is 0 Å². The second kappa shape index (κ2) is 5.09. The molecule has 1 heterocycles. The number of carbonyl (C=O) groups excluding carboxylic acids is 1. The molecule has 1 unspecified atom stereocenters. The van der Waals surface area contributed by atoms with Gasteiger partial charge in [0.05, 0.1) is 13.3 Å². The molecule has 16 heavy (non-hydrogen) atoms. The minimum atomic E-state index is -1.50. The molecule has 0 saturated heterocycles.